The van der Waals surface area contributed by atoms with E-state index in [2.05, 4.69) is 5.32 Å². The minimum absolute atomic E-state index is 0.125. The summed E-state index contributed by atoms with van der Waals surface area (Å²) in [7, 11) is 4.68. The van der Waals surface area contributed by atoms with Crippen LogP contribution in [0, 0.1) is 0 Å². The third-order valence-electron chi connectivity index (χ3n) is 5.04. The molecule has 1 atom stereocenters. The van der Waals surface area contributed by atoms with Crippen molar-refractivity contribution in [2.45, 2.75) is 24.9 Å². The molecule has 0 saturated heterocycles. The molecule has 6 nitrogen and oxygen atoms in total. The zero-order valence-corrected chi connectivity index (χ0v) is 15.9. The maximum Gasteiger partial charge on any atom is 0.255 e. The van der Waals surface area contributed by atoms with Crippen molar-refractivity contribution in [1.29, 1.82) is 0 Å². The molecule has 2 aromatic rings. The van der Waals surface area contributed by atoms with Gasteiger partial charge in [-0.2, -0.15) is 0 Å². The number of fused-ring (bicyclic) bond motifs is 1. The number of hydrogen-bond acceptors (Lipinski definition) is 5. The molecule has 0 saturated carbocycles. The number of amides is 1. The van der Waals surface area contributed by atoms with Gasteiger partial charge in [0.05, 0.1) is 33.4 Å². The highest BCUT2D eigenvalue weighted by molar-refractivity contribution is 5.97. The van der Waals surface area contributed by atoms with Crippen LogP contribution >= 0.6 is 0 Å². The van der Waals surface area contributed by atoms with E-state index in [4.69, 9.17) is 14.2 Å². The van der Waals surface area contributed by atoms with Crippen LogP contribution in [0.1, 0.15) is 34.3 Å². The lowest BCUT2D eigenvalue weighted by atomic mass is 9.79. The van der Waals surface area contributed by atoms with E-state index in [9.17, 15) is 9.90 Å². The Morgan fingerprint density at radius 2 is 1.78 bits per heavy atom. The molecule has 0 bridgehead atoms. The Balaban J connectivity index is 1.78. The molecule has 0 fully saturated rings. The molecule has 2 aromatic carbocycles. The zero-order valence-electron chi connectivity index (χ0n) is 15.9. The SMILES string of the molecule is COc1ccc2c(c1)CCCC2(O)CNC(=O)c1ccc(OC)cc1OC. The number of aliphatic hydroxyl groups is 1. The van der Waals surface area contributed by atoms with E-state index in [1.807, 2.05) is 18.2 Å². The number of ether oxygens (including phenoxy) is 3. The summed E-state index contributed by atoms with van der Waals surface area (Å²) in [6.07, 6.45) is 2.32. The fourth-order valence-electron chi connectivity index (χ4n) is 3.56. The van der Waals surface area contributed by atoms with E-state index in [0.717, 1.165) is 29.7 Å². The highest BCUT2D eigenvalue weighted by Gasteiger charge is 2.35. The Kier molecular flexibility index (Phi) is 5.56. The number of methoxy groups -OCH3 is 3. The smallest absolute Gasteiger partial charge is 0.255 e. The van der Waals surface area contributed by atoms with Gasteiger partial charge in [-0.25, -0.2) is 0 Å². The Hall–Kier alpha value is -2.73. The zero-order chi connectivity index (χ0) is 19.4. The van der Waals surface area contributed by atoms with Gasteiger partial charge in [-0.05, 0) is 54.7 Å². The van der Waals surface area contributed by atoms with Crippen molar-refractivity contribution < 1.29 is 24.1 Å². The molecule has 0 aromatic heterocycles. The summed E-state index contributed by atoms with van der Waals surface area (Å²) in [4.78, 5) is 12.7. The van der Waals surface area contributed by atoms with Crippen LogP contribution in [-0.4, -0.2) is 38.9 Å². The van der Waals surface area contributed by atoms with Crippen LogP contribution in [0.2, 0.25) is 0 Å². The van der Waals surface area contributed by atoms with Crippen molar-refractivity contribution in [3.05, 3.63) is 53.1 Å². The Bertz CT molecular complexity index is 835. The van der Waals surface area contributed by atoms with Crippen LogP contribution in [0.4, 0.5) is 0 Å². The second kappa shape index (κ2) is 7.88. The van der Waals surface area contributed by atoms with Gasteiger partial charge in [0.2, 0.25) is 0 Å². The van der Waals surface area contributed by atoms with Crippen LogP contribution in [0.3, 0.4) is 0 Å². The van der Waals surface area contributed by atoms with Gasteiger partial charge in [0.1, 0.15) is 22.8 Å². The monoisotopic (exact) mass is 371 g/mol. The van der Waals surface area contributed by atoms with Crippen molar-refractivity contribution in [1.82, 2.24) is 5.32 Å². The van der Waals surface area contributed by atoms with Crippen molar-refractivity contribution in [3.63, 3.8) is 0 Å². The van der Waals surface area contributed by atoms with E-state index in [1.54, 1.807) is 32.4 Å². The van der Waals surface area contributed by atoms with Crippen molar-refractivity contribution >= 4 is 5.91 Å². The van der Waals surface area contributed by atoms with Gasteiger partial charge in [-0.3, -0.25) is 4.79 Å². The summed E-state index contributed by atoms with van der Waals surface area (Å²) in [6.45, 7) is 0.125. The van der Waals surface area contributed by atoms with Gasteiger partial charge in [0.15, 0.2) is 0 Å². The lowest BCUT2D eigenvalue weighted by Gasteiger charge is -2.35. The van der Waals surface area contributed by atoms with E-state index >= 15 is 0 Å². The predicted molar refractivity (Wildman–Crippen MR) is 102 cm³/mol. The summed E-state index contributed by atoms with van der Waals surface area (Å²) in [5, 5.41) is 14.0. The number of carbonyl (C=O) groups excluding carboxylic acids is 1. The Labute approximate surface area is 159 Å². The molecule has 0 spiro atoms. The number of aryl methyl sites for hydroxylation is 1. The van der Waals surface area contributed by atoms with E-state index in [1.165, 1.54) is 7.11 Å². The second-order valence-electron chi connectivity index (χ2n) is 6.66. The molecule has 0 aliphatic heterocycles. The number of nitrogens with one attached hydrogen (secondary N) is 1. The first-order valence-electron chi connectivity index (χ1n) is 8.91. The molecule has 3 rings (SSSR count). The molecule has 6 heteroatoms. The summed E-state index contributed by atoms with van der Waals surface area (Å²) < 4.78 is 15.7. The first-order chi connectivity index (χ1) is 13.0. The molecule has 2 N–H and O–H groups in total. The molecular formula is C21H25NO5. The van der Waals surface area contributed by atoms with Gasteiger partial charge in [-0.15, -0.1) is 0 Å². The van der Waals surface area contributed by atoms with E-state index < -0.39 is 5.60 Å². The minimum Gasteiger partial charge on any atom is -0.497 e. The summed E-state index contributed by atoms with van der Waals surface area (Å²) >= 11 is 0. The van der Waals surface area contributed by atoms with Crippen LogP contribution in [0.25, 0.3) is 0 Å². The fourth-order valence-corrected chi connectivity index (χ4v) is 3.56. The number of hydrogen-bond donors (Lipinski definition) is 2. The molecule has 1 amide bonds. The summed E-state index contributed by atoms with van der Waals surface area (Å²) in [5.41, 5.74) is 1.19. The lowest BCUT2D eigenvalue weighted by molar-refractivity contribution is 0.0188. The second-order valence-corrected chi connectivity index (χ2v) is 6.66. The molecule has 27 heavy (non-hydrogen) atoms. The minimum atomic E-state index is -1.10. The highest BCUT2D eigenvalue weighted by Crippen LogP contribution is 2.36. The van der Waals surface area contributed by atoms with Crippen LogP contribution in [0.15, 0.2) is 36.4 Å². The van der Waals surface area contributed by atoms with E-state index in [-0.39, 0.29) is 12.5 Å². The Morgan fingerprint density at radius 1 is 1.07 bits per heavy atom. The van der Waals surface area contributed by atoms with Gasteiger partial charge in [0, 0.05) is 6.07 Å². The fraction of sp³-hybridized carbons (Fsp3) is 0.381. The normalized spacial score (nSPS) is 18.4. The molecular weight excluding hydrogens is 346 g/mol. The molecule has 1 unspecified atom stereocenters. The van der Waals surface area contributed by atoms with Crippen LogP contribution < -0.4 is 19.5 Å². The molecule has 1 aliphatic carbocycles. The lowest BCUT2D eigenvalue weighted by Crippen LogP contribution is -2.43. The summed E-state index contributed by atoms with van der Waals surface area (Å²) in [5.74, 6) is 1.50. The van der Waals surface area contributed by atoms with Crippen molar-refractivity contribution in [2.24, 2.45) is 0 Å². The highest BCUT2D eigenvalue weighted by atomic mass is 16.5. The maximum atomic E-state index is 12.7. The van der Waals surface area contributed by atoms with E-state index in [0.29, 0.717) is 23.5 Å². The predicted octanol–water partition coefficient (Wildman–Crippen LogP) is 2.67. The largest absolute Gasteiger partial charge is 0.497 e. The van der Waals surface area contributed by atoms with Gasteiger partial charge in [-0.1, -0.05) is 6.07 Å². The number of carbonyl (C=O) groups is 1. The van der Waals surface area contributed by atoms with Crippen molar-refractivity contribution in [3.8, 4) is 17.2 Å². The number of benzene rings is 2. The van der Waals surface area contributed by atoms with Gasteiger partial charge < -0.3 is 24.6 Å². The molecule has 144 valence electrons. The molecule has 1 aliphatic rings. The Morgan fingerprint density at radius 3 is 2.48 bits per heavy atom. The topological polar surface area (TPSA) is 77.0 Å². The first kappa shape index (κ1) is 19.0. The van der Waals surface area contributed by atoms with Crippen molar-refractivity contribution in [2.75, 3.05) is 27.9 Å². The average Bonchev–Trinajstić information content (AvgIpc) is 2.71. The van der Waals surface area contributed by atoms with Gasteiger partial charge in [0.25, 0.3) is 5.91 Å². The average molecular weight is 371 g/mol. The quantitative estimate of drug-likeness (QED) is 0.816. The van der Waals surface area contributed by atoms with Crippen LogP contribution in [0.5, 0.6) is 17.2 Å². The third-order valence-corrected chi connectivity index (χ3v) is 5.04. The third kappa shape index (κ3) is 3.85. The molecule has 0 heterocycles. The standard InChI is InChI=1S/C21H25NO5/c1-25-15-7-9-18-14(11-15)5-4-10-21(18,24)13-22-20(23)17-8-6-16(26-2)12-19(17)27-3/h6-9,11-12,24H,4-5,10,13H2,1-3H3,(H,22,23). The maximum absolute atomic E-state index is 12.7. The molecule has 0 radical (unpaired) electrons. The van der Waals surface area contributed by atoms with Crippen LogP contribution in [-0.2, 0) is 12.0 Å². The van der Waals surface area contributed by atoms with Gasteiger partial charge >= 0.3 is 0 Å². The first-order valence-corrected chi connectivity index (χ1v) is 8.91. The summed E-state index contributed by atoms with van der Waals surface area (Å²) in [6, 6.07) is 10.7. The number of rotatable bonds is 6.